The van der Waals surface area contributed by atoms with Crippen LogP contribution in [0.2, 0.25) is 0 Å². The normalized spacial score (nSPS) is 15.9. The minimum atomic E-state index is -3.51. The van der Waals surface area contributed by atoms with E-state index in [1.807, 2.05) is 25.1 Å². The Hall–Kier alpha value is -2.69. The summed E-state index contributed by atoms with van der Waals surface area (Å²) in [5.74, 6) is 0.991. The van der Waals surface area contributed by atoms with Crippen LogP contribution in [0.15, 0.2) is 47.4 Å². The first-order valence-electron chi connectivity index (χ1n) is 11.7. The number of sulfone groups is 1. The molecule has 35 heavy (non-hydrogen) atoms. The van der Waals surface area contributed by atoms with Crippen molar-refractivity contribution in [2.45, 2.75) is 43.6 Å². The first-order chi connectivity index (χ1) is 16.9. The summed E-state index contributed by atoms with van der Waals surface area (Å²) in [5.41, 5.74) is 0.724. The van der Waals surface area contributed by atoms with E-state index in [1.165, 1.54) is 30.6 Å². The van der Waals surface area contributed by atoms with Crippen LogP contribution in [0, 0.1) is 0 Å². The number of nitrogens with zero attached hydrogens (tertiary/aromatic N) is 2. The lowest BCUT2D eigenvalue weighted by Crippen LogP contribution is -2.37. The number of anilines is 1. The third kappa shape index (κ3) is 6.12. The highest BCUT2D eigenvalue weighted by molar-refractivity contribution is 7.91. The predicted octanol–water partition coefficient (Wildman–Crippen LogP) is 4.47. The van der Waals surface area contributed by atoms with Crippen molar-refractivity contribution in [3.8, 4) is 11.5 Å². The van der Waals surface area contributed by atoms with Gasteiger partial charge in [0.05, 0.1) is 41.7 Å². The van der Waals surface area contributed by atoms with E-state index in [0.717, 1.165) is 23.1 Å². The summed E-state index contributed by atoms with van der Waals surface area (Å²) in [6.07, 6.45) is 2.09. The quantitative estimate of drug-likeness (QED) is 0.370. The Morgan fingerprint density at radius 3 is 2.71 bits per heavy atom. The first-order valence-corrected chi connectivity index (χ1v) is 14.2. The molecular formula is C25H30N2O6S2. The molecular weight excluding hydrogens is 488 g/mol. The van der Waals surface area contributed by atoms with Gasteiger partial charge in [-0.2, -0.15) is 0 Å². The Morgan fingerprint density at radius 2 is 2.03 bits per heavy atom. The average Bonchev–Trinajstić information content (AvgIpc) is 3.53. The molecule has 3 aromatic rings. The molecule has 0 spiro atoms. The number of thiazole rings is 1. The summed E-state index contributed by atoms with van der Waals surface area (Å²) in [5, 5.41) is 0.575. The first kappa shape index (κ1) is 25.4. The molecule has 1 fully saturated rings. The van der Waals surface area contributed by atoms with Crippen LogP contribution in [0.5, 0.6) is 11.5 Å². The second kappa shape index (κ2) is 11.4. The summed E-state index contributed by atoms with van der Waals surface area (Å²) >= 11 is 1.42. The molecule has 0 saturated carbocycles. The largest absolute Gasteiger partial charge is 0.497 e. The zero-order valence-electron chi connectivity index (χ0n) is 19.9. The average molecular weight is 519 g/mol. The number of hydrogen-bond donors (Lipinski definition) is 0. The molecule has 0 bridgehead atoms. The lowest BCUT2D eigenvalue weighted by atomic mass is 10.2. The maximum absolute atomic E-state index is 13.3. The number of aromatic nitrogens is 1. The summed E-state index contributed by atoms with van der Waals surface area (Å²) in [7, 11) is -1.98. The van der Waals surface area contributed by atoms with Gasteiger partial charge in [0.25, 0.3) is 0 Å². The number of carbonyl (C=O) groups is 1. The number of ether oxygens (including phenoxy) is 3. The van der Waals surface area contributed by atoms with Crippen molar-refractivity contribution in [2.75, 3.05) is 37.5 Å². The molecule has 10 heteroatoms. The van der Waals surface area contributed by atoms with Crippen LogP contribution in [0.4, 0.5) is 5.13 Å². The highest BCUT2D eigenvalue weighted by Crippen LogP contribution is 2.35. The van der Waals surface area contributed by atoms with Crippen LogP contribution in [0.1, 0.15) is 32.6 Å². The van der Waals surface area contributed by atoms with Crippen molar-refractivity contribution in [3.05, 3.63) is 42.5 Å². The van der Waals surface area contributed by atoms with Gasteiger partial charge >= 0.3 is 0 Å². The highest BCUT2D eigenvalue weighted by atomic mass is 32.2. The van der Waals surface area contributed by atoms with E-state index in [9.17, 15) is 13.2 Å². The van der Waals surface area contributed by atoms with E-state index in [-0.39, 0.29) is 35.5 Å². The lowest BCUT2D eigenvalue weighted by Gasteiger charge is -2.23. The third-order valence-corrected chi connectivity index (χ3v) is 8.70. The van der Waals surface area contributed by atoms with Crippen molar-refractivity contribution in [1.82, 2.24) is 4.98 Å². The minimum Gasteiger partial charge on any atom is -0.497 e. The summed E-state index contributed by atoms with van der Waals surface area (Å²) < 4.78 is 43.0. The van der Waals surface area contributed by atoms with Gasteiger partial charge < -0.3 is 14.2 Å². The van der Waals surface area contributed by atoms with Crippen molar-refractivity contribution in [2.24, 2.45) is 0 Å². The predicted molar refractivity (Wildman–Crippen MR) is 136 cm³/mol. The number of rotatable bonds is 11. The number of para-hydroxylation sites is 1. The lowest BCUT2D eigenvalue weighted by molar-refractivity contribution is -0.119. The molecule has 2 aromatic carbocycles. The Bertz CT molecular complexity index is 1250. The molecule has 0 aliphatic carbocycles. The van der Waals surface area contributed by atoms with Gasteiger partial charge in [-0.25, -0.2) is 13.4 Å². The Kier molecular flexibility index (Phi) is 8.25. The SMILES string of the molecule is CCOc1cccc2sc(N(CC3CCCO3)C(=O)CCCS(=O)(=O)c3ccc(OC)cc3)nc12. The van der Waals surface area contributed by atoms with Gasteiger partial charge in [0, 0.05) is 13.0 Å². The van der Waals surface area contributed by atoms with E-state index in [0.29, 0.717) is 36.4 Å². The smallest absolute Gasteiger partial charge is 0.228 e. The monoisotopic (exact) mass is 518 g/mol. The van der Waals surface area contributed by atoms with Gasteiger partial charge in [-0.15, -0.1) is 0 Å². The second-order valence-corrected chi connectivity index (χ2v) is 11.4. The van der Waals surface area contributed by atoms with Crippen LogP contribution >= 0.6 is 11.3 Å². The molecule has 0 radical (unpaired) electrons. The van der Waals surface area contributed by atoms with Gasteiger partial charge in [-0.1, -0.05) is 17.4 Å². The van der Waals surface area contributed by atoms with E-state index in [4.69, 9.17) is 19.2 Å². The zero-order valence-corrected chi connectivity index (χ0v) is 21.6. The number of methoxy groups -OCH3 is 1. The van der Waals surface area contributed by atoms with E-state index < -0.39 is 9.84 Å². The maximum Gasteiger partial charge on any atom is 0.228 e. The van der Waals surface area contributed by atoms with E-state index in [1.54, 1.807) is 17.0 Å². The molecule has 0 N–H and O–H groups in total. The van der Waals surface area contributed by atoms with E-state index >= 15 is 0 Å². The van der Waals surface area contributed by atoms with Crippen molar-refractivity contribution in [3.63, 3.8) is 0 Å². The molecule has 1 atom stereocenters. The van der Waals surface area contributed by atoms with Crippen LogP contribution in [-0.2, 0) is 19.4 Å². The molecule has 1 aromatic heterocycles. The van der Waals surface area contributed by atoms with Crippen molar-refractivity contribution >= 4 is 42.4 Å². The van der Waals surface area contributed by atoms with Gasteiger partial charge in [-0.05, 0) is 62.6 Å². The molecule has 1 unspecified atom stereocenters. The van der Waals surface area contributed by atoms with Gasteiger partial charge in [0.15, 0.2) is 15.0 Å². The number of carbonyl (C=O) groups excluding carboxylic acids is 1. The summed E-state index contributed by atoms with van der Waals surface area (Å²) in [6, 6.07) is 12.0. The fraction of sp³-hybridized carbons (Fsp3) is 0.440. The van der Waals surface area contributed by atoms with Crippen molar-refractivity contribution < 1.29 is 27.4 Å². The zero-order chi connectivity index (χ0) is 24.8. The van der Waals surface area contributed by atoms with Gasteiger partial charge in [0.2, 0.25) is 5.91 Å². The number of benzene rings is 2. The van der Waals surface area contributed by atoms with Crippen LogP contribution in [0.25, 0.3) is 10.2 Å². The van der Waals surface area contributed by atoms with Crippen LogP contribution in [0.3, 0.4) is 0 Å². The van der Waals surface area contributed by atoms with Crippen molar-refractivity contribution in [1.29, 1.82) is 0 Å². The third-order valence-electron chi connectivity index (χ3n) is 5.83. The van der Waals surface area contributed by atoms with Crippen LogP contribution in [-0.4, -0.2) is 58.0 Å². The number of amides is 1. The number of hydrogen-bond acceptors (Lipinski definition) is 8. The second-order valence-electron chi connectivity index (χ2n) is 8.27. The molecule has 1 amide bonds. The standard InChI is InChI=1S/C25H30N2O6S2/c1-3-32-21-8-4-9-22-24(21)26-25(34-22)27(17-19-7-5-15-33-19)23(28)10-6-16-35(29,30)20-13-11-18(31-2)12-14-20/h4,8-9,11-14,19H,3,5-7,10,15-17H2,1-2H3. The minimum absolute atomic E-state index is 0.0552. The Balaban J connectivity index is 1.49. The highest BCUT2D eigenvalue weighted by Gasteiger charge is 2.27. The topological polar surface area (TPSA) is 95.0 Å². The Morgan fingerprint density at radius 1 is 1.23 bits per heavy atom. The molecule has 1 aliphatic rings. The summed E-state index contributed by atoms with van der Waals surface area (Å²) in [6.45, 7) is 3.52. The molecule has 2 heterocycles. The maximum atomic E-state index is 13.3. The van der Waals surface area contributed by atoms with Gasteiger partial charge in [0.1, 0.15) is 17.0 Å². The molecule has 1 aliphatic heterocycles. The molecule has 4 rings (SSSR count). The molecule has 8 nitrogen and oxygen atoms in total. The number of fused-ring (bicyclic) bond motifs is 1. The summed E-state index contributed by atoms with van der Waals surface area (Å²) in [4.78, 5) is 19.9. The fourth-order valence-corrected chi connectivity index (χ4v) is 6.35. The molecule has 1 saturated heterocycles. The van der Waals surface area contributed by atoms with Crippen LogP contribution < -0.4 is 14.4 Å². The Labute approximate surface area is 209 Å². The molecule has 188 valence electrons. The fourth-order valence-electron chi connectivity index (χ4n) is 4.03. The van der Waals surface area contributed by atoms with Gasteiger partial charge in [-0.3, -0.25) is 9.69 Å². The van der Waals surface area contributed by atoms with E-state index in [2.05, 4.69) is 0 Å².